The van der Waals surface area contributed by atoms with Gasteiger partial charge in [0.15, 0.2) is 0 Å². The van der Waals surface area contributed by atoms with Gasteiger partial charge in [0.25, 0.3) is 0 Å². The molecule has 84 valence electrons. The monoisotopic (exact) mass is 224 g/mol. The lowest BCUT2D eigenvalue weighted by atomic mass is 9.77. The molecule has 1 aliphatic carbocycles. The number of hydrogen-bond acceptors (Lipinski definition) is 3. The Morgan fingerprint density at radius 3 is 3.07 bits per heavy atom. The van der Waals surface area contributed by atoms with E-state index in [1.165, 1.54) is 24.1 Å². The van der Waals surface area contributed by atoms with Crippen molar-refractivity contribution in [2.45, 2.75) is 45.1 Å². The van der Waals surface area contributed by atoms with Crippen LogP contribution in [-0.2, 0) is 0 Å². The first-order valence-corrected chi connectivity index (χ1v) is 6.81. The molecule has 1 heterocycles. The van der Waals surface area contributed by atoms with Crippen LogP contribution >= 0.6 is 11.3 Å². The maximum absolute atomic E-state index is 4.20. The Bertz CT molecular complexity index is 284. The van der Waals surface area contributed by atoms with Crippen molar-refractivity contribution in [1.82, 2.24) is 10.3 Å². The summed E-state index contributed by atoms with van der Waals surface area (Å²) >= 11 is 1.81. The van der Waals surface area contributed by atoms with Crippen LogP contribution in [-0.4, -0.2) is 17.6 Å². The summed E-state index contributed by atoms with van der Waals surface area (Å²) in [6.07, 6.45) is 6.03. The minimum absolute atomic E-state index is 0.721. The molecule has 1 N–H and O–H groups in total. The zero-order valence-corrected chi connectivity index (χ0v) is 10.4. The lowest BCUT2D eigenvalue weighted by Gasteiger charge is -2.34. The number of hydrogen-bond donors (Lipinski definition) is 1. The largest absolute Gasteiger partial charge is 0.314 e. The van der Waals surface area contributed by atoms with Crippen molar-refractivity contribution in [2.75, 3.05) is 6.54 Å². The summed E-state index contributed by atoms with van der Waals surface area (Å²) < 4.78 is 0. The first-order chi connectivity index (χ1) is 7.31. The third-order valence-electron chi connectivity index (χ3n) is 3.51. The van der Waals surface area contributed by atoms with Gasteiger partial charge in [-0.15, -0.1) is 11.3 Å². The van der Waals surface area contributed by atoms with E-state index in [9.17, 15) is 0 Å². The van der Waals surface area contributed by atoms with Gasteiger partial charge in [0.05, 0.1) is 5.51 Å². The third kappa shape index (κ3) is 2.58. The van der Waals surface area contributed by atoms with E-state index >= 15 is 0 Å². The van der Waals surface area contributed by atoms with Crippen LogP contribution in [0.3, 0.4) is 0 Å². The van der Waals surface area contributed by atoms with E-state index in [0.717, 1.165) is 24.4 Å². The van der Waals surface area contributed by atoms with E-state index in [2.05, 4.69) is 30.3 Å². The first kappa shape index (κ1) is 11.1. The summed E-state index contributed by atoms with van der Waals surface area (Å²) in [7, 11) is 0. The number of rotatable bonds is 3. The van der Waals surface area contributed by atoms with E-state index in [1.807, 2.05) is 16.8 Å². The Morgan fingerprint density at radius 1 is 1.53 bits per heavy atom. The van der Waals surface area contributed by atoms with E-state index in [1.54, 1.807) is 0 Å². The maximum atomic E-state index is 4.20. The molecule has 0 aromatic carbocycles. The predicted octanol–water partition coefficient (Wildman–Crippen LogP) is 3.02. The van der Waals surface area contributed by atoms with Crippen LogP contribution in [0.2, 0.25) is 0 Å². The molecule has 1 saturated carbocycles. The molecule has 2 rings (SSSR count). The molecule has 0 spiro atoms. The van der Waals surface area contributed by atoms with Crippen molar-refractivity contribution in [2.24, 2.45) is 5.92 Å². The van der Waals surface area contributed by atoms with Crippen LogP contribution in [0.5, 0.6) is 0 Å². The average molecular weight is 224 g/mol. The Hall–Kier alpha value is -0.410. The Morgan fingerprint density at radius 2 is 2.40 bits per heavy atom. The van der Waals surface area contributed by atoms with Gasteiger partial charge in [-0.1, -0.05) is 13.8 Å². The Labute approximate surface area is 96.1 Å². The van der Waals surface area contributed by atoms with Crippen molar-refractivity contribution in [3.05, 3.63) is 16.6 Å². The first-order valence-electron chi connectivity index (χ1n) is 5.93. The summed E-state index contributed by atoms with van der Waals surface area (Å²) in [6.45, 7) is 5.67. The van der Waals surface area contributed by atoms with Crippen LogP contribution in [0.15, 0.2) is 11.7 Å². The molecule has 0 saturated heterocycles. The molecule has 3 heteroatoms. The minimum Gasteiger partial charge on any atom is -0.314 e. The number of thiazole rings is 1. The quantitative estimate of drug-likeness (QED) is 0.853. The average Bonchev–Trinajstić information content (AvgIpc) is 2.74. The summed E-state index contributed by atoms with van der Waals surface area (Å²) in [4.78, 5) is 5.68. The summed E-state index contributed by atoms with van der Waals surface area (Å²) in [5.41, 5.74) is 1.96. The molecular weight excluding hydrogens is 204 g/mol. The van der Waals surface area contributed by atoms with Crippen molar-refractivity contribution >= 4 is 11.3 Å². The van der Waals surface area contributed by atoms with Crippen molar-refractivity contribution < 1.29 is 0 Å². The summed E-state index contributed by atoms with van der Waals surface area (Å²) in [5.74, 6) is 1.55. The molecular formula is C12H20N2S. The second-order valence-electron chi connectivity index (χ2n) is 4.56. The fraction of sp³-hybridized carbons (Fsp3) is 0.750. The van der Waals surface area contributed by atoms with E-state index in [0.29, 0.717) is 0 Å². The topological polar surface area (TPSA) is 24.9 Å². The fourth-order valence-electron chi connectivity index (χ4n) is 2.60. The number of nitrogens with one attached hydrogen (secondary N) is 1. The number of nitrogens with zero attached hydrogens (tertiary/aromatic N) is 1. The van der Waals surface area contributed by atoms with Gasteiger partial charge < -0.3 is 5.32 Å². The van der Waals surface area contributed by atoms with Crippen LogP contribution in [0.4, 0.5) is 0 Å². The smallest absolute Gasteiger partial charge is 0.0794 e. The molecule has 0 bridgehead atoms. The summed E-state index contributed by atoms with van der Waals surface area (Å²) in [6, 6.07) is 0.721. The molecule has 0 amide bonds. The lowest BCUT2D eigenvalue weighted by Crippen LogP contribution is -2.35. The van der Waals surface area contributed by atoms with Gasteiger partial charge >= 0.3 is 0 Å². The second kappa shape index (κ2) is 5.08. The highest BCUT2D eigenvalue weighted by Crippen LogP contribution is 2.38. The highest BCUT2D eigenvalue weighted by molar-refractivity contribution is 7.09. The zero-order valence-electron chi connectivity index (χ0n) is 9.57. The molecule has 2 nitrogen and oxygen atoms in total. The SMILES string of the molecule is CCNC1CCC(C)C(c2cncs2)C1. The Kier molecular flexibility index (Phi) is 3.76. The normalized spacial score (nSPS) is 31.7. The molecule has 15 heavy (non-hydrogen) atoms. The molecule has 1 aliphatic rings. The Balaban J connectivity index is 2.02. The van der Waals surface area contributed by atoms with E-state index in [4.69, 9.17) is 0 Å². The fourth-order valence-corrected chi connectivity index (χ4v) is 3.47. The van der Waals surface area contributed by atoms with Gasteiger partial charge in [0.2, 0.25) is 0 Å². The third-order valence-corrected chi connectivity index (χ3v) is 4.41. The van der Waals surface area contributed by atoms with Crippen LogP contribution in [0, 0.1) is 5.92 Å². The highest BCUT2D eigenvalue weighted by Gasteiger charge is 2.29. The van der Waals surface area contributed by atoms with Gasteiger partial charge in [-0.2, -0.15) is 0 Å². The van der Waals surface area contributed by atoms with Gasteiger partial charge in [0.1, 0.15) is 0 Å². The van der Waals surface area contributed by atoms with Gasteiger partial charge in [-0.25, -0.2) is 0 Å². The minimum atomic E-state index is 0.721. The molecule has 3 unspecified atom stereocenters. The zero-order chi connectivity index (χ0) is 10.7. The molecule has 1 fully saturated rings. The maximum Gasteiger partial charge on any atom is 0.0794 e. The highest BCUT2D eigenvalue weighted by atomic mass is 32.1. The molecule has 0 radical (unpaired) electrons. The van der Waals surface area contributed by atoms with Crippen molar-refractivity contribution in [3.63, 3.8) is 0 Å². The molecule has 1 aromatic rings. The lowest BCUT2D eigenvalue weighted by molar-refractivity contribution is 0.273. The van der Waals surface area contributed by atoms with Gasteiger partial charge in [0, 0.05) is 17.1 Å². The number of aromatic nitrogens is 1. The summed E-state index contributed by atoms with van der Waals surface area (Å²) in [5, 5.41) is 3.58. The molecule has 0 aliphatic heterocycles. The van der Waals surface area contributed by atoms with Gasteiger partial charge in [-0.05, 0) is 37.6 Å². The second-order valence-corrected chi connectivity index (χ2v) is 5.47. The van der Waals surface area contributed by atoms with Gasteiger partial charge in [-0.3, -0.25) is 4.98 Å². The van der Waals surface area contributed by atoms with Crippen molar-refractivity contribution in [3.8, 4) is 0 Å². The molecule has 3 atom stereocenters. The predicted molar refractivity (Wildman–Crippen MR) is 65.3 cm³/mol. The van der Waals surface area contributed by atoms with Crippen LogP contribution in [0.25, 0.3) is 0 Å². The van der Waals surface area contributed by atoms with Crippen LogP contribution in [0.1, 0.15) is 43.9 Å². The van der Waals surface area contributed by atoms with E-state index in [-0.39, 0.29) is 0 Å². The van der Waals surface area contributed by atoms with E-state index < -0.39 is 0 Å². The molecule has 1 aromatic heterocycles. The van der Waals surface area contributed by atoms with Crippen molar-refractivity contribution in [1.29, 1.82) is 0 Å². The standard InChI is InChI=1S/C12H20N2S/c1-3-14-10-5-4-9(2)11(6-10)12-7-13-8-15-12/h7-11,14H,3-6H2,1-2H3. The van der Waals surface area contributed by atoms with Crippen LogP contribution < -0.4 is 5.32 Å².